The van der Waals surface area contributed by atoms with Gasteiger partial charge in [-0.15, -0.1) is 0 Å². The maximum Gasteiger partial charge on any atom is 0.145 e. The van der Waals surface area contributed by atoms with Crippen molar-refractivity contribution in [3.8, 4) is 11.5 Å². The Balaban J connectivity index is 3.05. The fraction of sp³-hybridized carbons (Fsp3) is 0.417. The molecule has 0 saturated carbocycles. The Morgan fingerprint density at radius 3 is 2.50 bits per heavy atom. The number of amidine groups is 1. The van der Waals surface area contributed by atoms with Gasteiger partial charge in [0.2, 0.25) is 0 Å². The first-order valence-electron chi connectivity index (χ1n) is 5.37. The molecule has 4 heteroatoms. The van der Waals surface area contributed by atoms with Gasteiger partial charge in [-0.2, -0.15) is 0 Å². The molecule has 0 heterocycles. The Kier molecular flexibility index (Phi) is 4.64. The minimum Gasteiger partial charge on any atom is -0.494 e. The summed E-state index contributed by atoms with van der Waals surface area (Å²) in [5, 5.41) is 0. The van der Waals surface area contributed by atoms with Crippen molar-refractivity contribution in [3.05, 3.63) is 18.2 Å². The number of nitrogens with two attached hydrogens (primary N) is 1. The van der Waals surface area contributed by atoms with Crippen LogP contribution in [0.5, 0.6) is 11.5 Å². The van der Waals surface area contributed by atoms with Crippen LogP contribution in [0.4, 0.5) is 5.69 Å². The molecule has 0 amide bonds. The van der Waals surface area contributed by atoms with E-state index in [9.17, 15) is 0 Å². The van der Waals surface area contributed by atoms with Gasteiger partial charge in [0.15, 0.2) is 0 Å². The minimum absolute atomic E-state index is 0.495. The minimum atomic E-state index is 0.495. The maximum absolute atomic E-state index is 5.57. The zero-order valence-electron chi connectivity index (χ0n) is 9.99. The van der Waals surface area contributed by atoms with Gasteiger partial charge in [-0.05, 0) is 32.9 Å². The number of hydrogen-bond donors (Lipinski definition) is 1. The highest BCUT2D eigenvalue weighted by Crippen LogP contribution is 2.31. The van der Waals surface area contributed by atoms with Gasteiger partial charge in [0.1, 0.15) is 17.2 Å². The molecule has 16 heavy (non-hydrogen) atoms. The van der Waals surface area contributed by atoms with Crippen molar-refractivity contribution in [1.29, 1.82) is 0 Å². The smallest absolute Gasteiger partial charge is 0.145 e. The summed E-state index contributed by atoms with van der Waals surface area (Å²) in [5.41, 5.74) is 6.27. The number of nitrogens with zero attached hydrogens (tertiary/aromatic N) is 1. The van der Waals surface area contributed by atoms with Gasteiger partial charge < -0.3 is 15.2 Å². The zero-order chi connectivity index (χ0) is 12.0. The normalized spacial score (nSPS) is 11.3. The first kappa shape index (κ1) is 12.4. The predicted molar refractivity (Wildman–Crippen MR) is 65.7 cm³/mol. The van der Waals surface area contributed by atoms with Crippen molar-refractivity contribution in [1.82, 2.24) is 0 Å². The Bertz CT molecular complexity index is 371. The highest BCUT2D eigenvalue weighted by molar-refractivity contribution is 5.81. The molecular weight excluding hydrogens is 204 g/mol. The average Bonchev–Trinajstić information content (AvgIpc) is 2.22. The second-order valence-corrected chi connectivity index (χ2v) is 3.25. The van der Waals surface area contributed by atoms with Crippen LogP contribution < -0.4 is 15.2 Å². The van der Waals surface area contributed by atoms with E-state index in [-0.39, 0.29) is 0 Å². The summed E-state index contributed by atoms with van der Waals surface area (Å²) in [4.78, 5) is 4.21. The molecule has 1 aromatic carbocycles. The van der Waals surface area contributed by atoms with E-state index in [4.69, 9.17) is 15.2 Å². The molecule has 0 fully saturated rings. The fourth-order valence-corrected chi connectivity index (χ4v) is 1.31. The van der Waals surface area contributed by atoms with E-state index < -0.39 is 0 Å². The fourth-order valence-electron chi connectivity index (χ4n) is 1.31. The second-order valence-electron chi connectivity index (χ2n) is 3.25. The zero-order valence-corrected chi connectivity index (χ0v) is 9.99. The first-order chi connectivity index (χ1) is 7.67. The number of hydrogen-bond acceptors (Lipinski definition) is 3. The molecule has 1 aromatic rings. The molecule has 0 saturated heterocycles. The molecule has 4 nitrogen and oxygen atoms in total. The lowest BCUT2D eigenvalue weighted by Gasteiger charge is -2.09. The SMILES string of the molecule is CCOc1ccc(OCC)c(N=C(C)N)c1. The lowest BCUT2D eigenvalue weighted by Crippen LogP contribution is -2.04. The van der Waals surface area contributed by atoms with Crippen LogP contribution in [0.2, 0.25) is 0 Å². The Morgan fingerprint density at radius 2 is 1.94 bits per heavy atom. The van der Waals surface area contributed by atoms with Crippen molar-refractivity contribution in [2.75, 3.05) is 13.2 Å². The summed E-state index contributed by atoms with van der Waals surface area (Å²) in [6.45, 7) is 6.83. The van der Waals surface area contributed by atoms with E-state index in [0.717, 1.165) is 11.5 Å². The number of aliphatic imine (C=N–C) groups is 1. The number of ether oxygens (including phenoxy) is 2. The van der Waals surface area contributed by atoms with Crippen LogP contribution in [0.1, 0.15) is 20.8 Å². The molecule has 0 unspecified atom stereocenters. The molecule has 0 radical (unpaired) electrons. The van der Waals surface area contributed by atoms with E-state index in [2.05, 4.69) is 4.99 Å². The molecule has 2 N–H and O–H groups in total. The molecule has 88 valence electrons. The van der Waals surface area contributed by atoms with Gasteiger partial charge in [0.25, 0.3) is 0 Å². The van der Waals surface area contributed by atoms with Gasteiger partial charge in [0.05, 0.1) is 19.0 Å². The molecule has 0 aromatic heterocycles. The van der Waals surface area contributed by atoms with Gasteiger partial charge in [-0.1, -0.05) is 0 Å². The van der Waals surface area contributed by atoms with E-state index in [0.29, 0.717) is 24.7 Å². The van der Waals surface area contributed by atoms with Crippen LogP contribution >= 0.6 is 0 Å². The largest absolute Gasteiger partial charge is 0.494 e. The third-order valence-corrected chi connectivity index (χ3v) is 1.84. The van der Waals surface area contributed by atoms with Gasteiger partial charge in [-0.3, -0.25) is 0 Å². The lowest BCUT2D eigenvalue weighted by atomic mass is 10.2. The van der Waals surface area contributed by atoms with Crippen LogP contribution in [0.25, 0.3) is 0 Å². The van der Waals surface area contributed by atoms with E-state index >= 15 is 0 Å². The summed E-state index contributed by atoms with van der Waals surface area (Å²) in [6, 6.07) is 5.53. The van der Waals surface area contributed by atoms with Gasteiger partial charge in [-0.25, -0.2) is 4.99 Å². The van der Waals surface area contributed by atoms with Gasteiger partial charge >= 0.3 is 0 Å². The lowest BCUT2D eigenvalue weighted by molar-refractivity contribution is 0.331. The van der Waals surface area contributed by atoms with Crippen LogP contribution in [0, 0.1) is 0 Å². The summed E-state index contributed by atoms with van der Waals surface area (Å²) in [5.74, 6) is 1.98. The maximum atomic E-state index is 5.57. The van der Waals surface area contributed by atoms with E-state index in [1.807, 2.05) is 32.0 Å². The van der Waals surface area contributed by atoms with Crippen molar-refractivity contribution < 1.29 is 9.47 Å². The van der Waals surface area contributed by atoms with Crippen molar-refractivity contribution in [2.45, 2.75) is 20.8 Å². The topological polar surface area (TPSA) is 56.8 Å². The quantitative estimate of drug-likeness (QED) is 0.615. The Morgan fingerprint density at radius 1 is 1.25 bits per heavy atom. The molecule has 0 aliphatic heterocycles. The van der Waals surface area contributed by atoms with Crippen LogP contribution in [-0.4, -0.2) is 19.0 Å². The van der Waals surface area contributed by atoms with Crippen molar-refractivity contribution >= 4 is 11.5 Å². The Labute approximate surface area is 96.1 Å². The van der Waals surface area contributed by atoms with Crippen LogP contribution in [0.3, 0.4) is 0 Å². The van der Waals surface area contributed by atoms with E-state index in [1.54, 1.807) is 6.92 Å². The average molecular weight is 222 g/mol. The highest BCUT2D eigenvalue weighted by atomic mass is 16.5. The monoisotopic (exact) mass is 222 g/mol. The van der Waals surface area contributed by atoms with Gasteiger partial charge in [0, 0.05) is 6.07 Å². The molecule has 0 aliphatic carbocycles. The summed E-state index contributed by atoms with van der Waals surface area (Å²) in [6.07, 6.45) is 0. The third kappa shape index (κ3) is 3.46. The standard InChI is InChI=1S/C12H18N2O2/c1-4-15-10-6-7-12(16-5-2)11(8-10)14-9(3)13/h6-8H,4-5H2,1-3H3,(H2,13,14). The van der Waals surface area contributed by atoms with Crippen LogP contribution in [0.15, 0.2) is 23.2 Å². The van der Waals surface area contributed by atoms with Crippen LogP contribution in [-0.2, 0) is 0 Å². The van der Waals surface area contributed by atoms with Crippen molar-refractivity contribution in [3.63, 3.8) is 0 Å². The summed E-state index contributed by atoms with van der Waals surface area (Å²) < 4.78 is 10.8. The summed E-state index contributed by atoms with van der Waals surface area (Å²) in [7, 11) is 0. The third-order valence-electron chi connectivity index (χ3n) is 1.84. The molecule has 0 spiro atoms. The number of rotatable bonds is 5. The van der Waals surface area contributed by atoms with E-state index in [1.165, 1.54) is 0 Å². The highest BCUT2D eigenvalue weighted by Gasteiger charge is 2.04. The number of benzene rings is 1. The second kappa shape index (κ2) is 6.00. The molecule has 0 atom stereocenters. The van der Waals surface area contributed by atoms with Crippen molar-refractivity contribution in [2.24, 2.45) is 10.7 Å². The molecule has 0 aliphatic rings. The Hall–Kier alpha value is -1.71. The first-order valence-corrected chi connectivity index (χ1v) is 5.37. The predicted octanol–water partition coefficient (Wildman–Crippen LogP) is 2.49. The molecule has 1 rings (SSSR count). The molecular formula is C12H18N2O2. The molecule has 0 bridgehead atoms. The summed E-state index contributed by atoms with van der Waals surface area (Å²) >= 11 is 0.